The first-order valence-corrected chi connectivity index (χ1v) is 13.2. The van der Waals surface area contributed by atoms with Gasteiger partial charge >= 0.3 is 13.8 Å². The molecule has 0 bridgehead atoms. The summed E-state index contributed by atoms with van der Waals surface area (Å²) in [7, 11) is -4.51. The molecule has 0 aliphatic carbocycles. The van der Waals surface area contributed by atoms with Crippen molar-refractivity contribution in [3.63, 3.8) is 0 Å². The topological polar surface area (TPSA) is 143 Å². The average molecular weight is 483 g/mol. The molecule has 32 heavy (non-hydrogen) atoms. The molecule has 9 nitrogen and oxygen atoms in total. The fraction of sp³-hybridized carbons (Fsp3) is 0.864. The molecule has 0 aromatic heterocycles. The third kappa shape index (κ3) is 19.9. The van der Waals surface area contributed by atoms with Crippen molar-refractivity contribution in [2.24, 2.45) is 0 Å². The van der Waals surface area contributed by atoms with E-state index in [0.717, 1.165) is 12.8 Å². The average Bonchev–Trinajstić information content (AvgIpc) is 2.78. The van der Waals surface area contributed by atoms with Gasteiger partial charge in [0.2, 0.25) is 0 Å². The van der Waals surface area contributed by atoms with Crippen LogP contribution >= 0.6 is 7.82 Å². The Bertz CT molecular complexity index is 528. The van der Waals surface area contributed by atoms with E-state index in [-0.39, 0.29) is 6.42 Å². The second-order valence-corrected chi connectivity index (χ2v) is 9.29. The lowest BCUT2D eigenvalue weighted by Gasteiger charge is -2.18. The summed E-state index contributed by atoms with van der Waals surface area (Å²) in [4.78, 5) is 21.3. The van der Waals surface area contributed by atoms with Gasteiger partial charge in [-0.25, -0.2) is 4.57 Å². The van der Waals surface area contributed by atoms with Crippen LogP contribution in [0.4, 0.5) is 0 Å². The molecule has 0 aromatic carbocycles. The molecule has 0 rings (SSSR count). The van der Waals surface area contributed by atoms with Gasteiger partial charge in [-0.1, -0.05) is 76.9 Å². The summed E-state index contributed by atoms with van der Waals surface area (Å²) in [6.45, 7) is -0.147. The SMILES string of the molecule is CCCCCCCCCCCC/C=C/CC(=O)O[C@H](CO)COP(=O)(O)OC[C@@H](O)CO. The molecule has 4 N–H and O–H groups in total. The van der Waals surface area contributed by atoms with E-state index < -0.39 is 52.4 Å². The van der Waals surface area contributed by atoms with E-state index in [1.807, 2.05) is 6.08 Å². The zero-order valence-electron chi connectivity index (χ0n) is 19.4. The molecule has 0 aliphatic rings. The van der Waals surface area contributed by atoms with Crippen molar-refractivity contribution < 1.29 is 43.4 Å². The Morgan fingerprint density at radius 3 is 2.00 bits per heavy atom. The first-order chi connectivity index (χ1) is 15.3. The van der Waals surface area contributed by atoms with Crippen LogP contribution in [0, 0.1) is 0 Å². The smallest absolute Gasteiger partial charge is 0.457 e. The molecule has 3 atom stereocenters. The number of aliphatic hydroxyl groups excluding tert-OH is 3. The van der Waals surface area contributed by atoms with Crippen LogP contribution in [-0.4, -0.2) is 64.8 Å². The molecule has 190 valence electrons. The minimum atomic E-state index is -4.51. The van der Waals surface area contributed by atoms with Crippen LogP contribution in [0.1, 0.15) is 84.0 Å². The molecular formula is C22H43O9P. The van der Waals surface area contributed by atoms with Gasteiger partial charge in [-0.05, 0) is 12.8 Å². The largest absolute Gasteiger partial charge is 0.472 e. The Morgan fingerprint density at radius 1 is 0.875 bits per heavy atom. The molecule has 0 saturated carbocycles. The van der Waals surface area contributed by atoms with Crippen LogP contribution in [0.3, 0.4) is 0 Å². The number of carbonyl (C=O) groups excluding carboxylic acids is 1. The standard InChI is InChI=1S/C22H43O9P/c1-2-3-4-5-6-7-8-9-10-11-12-13-14-15-22(26)31-21(17-24)19-30-32(27,28)29-18-20(25)16-23/h13-14,20-21,23-25H,2-12,15-19H2,1H3,(H,27,28)/b14-13+/t20-,21+/m0/s1. The summed E-state index contributed by atoms with van der Waals surface area (Å²) >= 11 is 0. The highest BCUT2D eigenvalue weighted by atomic mass is 31.2. The van der Waals surface area contributed by atoms with Crippen LogP contribution < -0.4 is 0 Å². The van der Waals surface area contributed by atoms with Crippen molar-refractivity contribution in [1.82, 2.24) is 0 Å². The molecule has 0 aromatic rings. The fourth-order valence-electron chi connectivity index (χ4n) is 2.85. The molecule has 10 heteroatoms. The number of carbonyl (C=O) groups is 1. The van der Waals surface area contributed by atoms with Gasteiger partial charge < -0.3 is 24.9 Å². The lowest BCUT2D eigenvalue weighted by Crippen LogP contribution is -2.27. The number of allylic oxidation sites excluding steroid dienone is 1. The Labute approximate surface area is 192 Å². The van der Waals surface area contributed by atoms with Gasteiger partial charge in [0.05, 0.1) is 32.8 Å². The van der Waals surface area contributed by atoms with Gasteiger partial charge in [-0.15, -0.1) is 0 Å². The molecule has 0 radical (unpaired) electrons. The third-order valence-corrected chi connectivity index (χ3v) is 5.69. The lowest BCUT2D eigenvalue weighted by atomic mass is 10.1. The van der Waals surface area contributed by atoms with E-state index in [2.05, 4.69) is 16.0 Å². The first-order valence-electron chi connectivity index (χ1n) is 11.7. The highest BCUT2D eigenvalue weighted by Gasteiger charge is 2.25. The Hall–Kier alpha value is -0.800. The zero-order chi connectivity index (χ0) is 24.1. The third-order valence-electron chi connectivity index (χ3n) is 4.74. The van der Waals surface area contributed by atoms with Crippen molar-refractivity contribution in [2.45, 2.75) is 96.2 Å². The predicted molar refractivity (Wildman–Crippen MR) is 122 cm³/mol. The van der Waals surface area contributed by atoms with Crippen molar-refractivity contribution >= 4 is 13.8 Å². The van der Waals surface area contributed by atoms with E-state index in [9.17, 15) is 19.4 Å². The second kappa shape index (κ2) is 20.8. The van der Waals surface area contributed by atoms with Gasteiger partial charge in [-0.2, -0.15) is 0 Å². The van der Waals surface area contributed by atoms with E-state index >= 15 is 0 Å². The number of esters is 1. The minimum Gasteiger partial charge on any atom is -0.457 e. The van der Waals surface area contributed by atoms with Gasteiger partial charge in [0.15, 0.2) is 0 Å². The van der Waals surface area contributed by atoms with Crippen molar-refractivity contribution in [2.75, 3.05) is 26.4 Å². The molecule has 0 heterocycles. The number of phosphoric acid groups is 1. The predicted octanol–water partition coefficient (Wildman–Crippen LogP) is 3.63. The maximum absolute atomic E-state index is 11.8. The second-order valence-electron chi connectivity index (χ2n) is 7.84. The van der Waals surface area contributed by atoms with Gasteiger partial charge in [0.1, 0.15) is 12.2 Å². The maximum atomic E-state index is 11.8. The summed E-state index contributed by atoms with van der Waals surface area (Å²) in [5, 5.41) is 27.0. The summed E-state index contributed by atoms with van der Waals surface area (Å²) in [6, 6.07) is 0. The number of aliphatic hydroxyl groups is 3. The molecular weight excluding hydrogens is 439 g/mol. The van der Waals surface area contributed by atoms with E-state index in [1.165, 1.54) is 57.8 Å². The number of unbranched alkanes of at least 4 members (excludes halogenated alkanes) is 10. The number of ether oxygens (including phenoxy) is 1. The molecule has 0 amide bonds. The van der Waals surface area contributed by atoms with Gasteiger partial charge in [0.25, 0.3) is 0 Å². The van der Waals surface area contributed by atoms with Crippen LogP contribution in [0.2, 0.25) is 0 Å². The van der Waals surface area contributed by atoms with E-state index in [1.54, 1.807) is 6.08 Å². The minimum absolute atomic E-state index is 0.0320. The van der Waals surface area contributed by atoms with Gasteiger partial charge in [0, 0.05) is 0 Å². The molecule has 0 saturated heterocycles. The normalized spacial score (nSPS) is 15.5. The maximum Gasteiger partial charge on any atom is 0.472 e. The number of hydrogen-bond donors (Lipinski definition) is 4. The number of phosphoric ester groups is 1. The van der Waals surface area contributed by atoms with Gasteiger partial charge in [-0.3, -0.25) is 13.8 Å². The highest BCUT2D eigenvalue weighted by molar-refractivity contribution is 7.47. The van der Waals surface area contributed by atoms with E-state index in [4.69, 9.17) is 14.9 Å². The van der Waals surface area contributed by atoms with Crippen LogP contribution in [-0.2, 0) is 23.1 Å². The molecule has 1 unspecified atom stereocenters. The highest BCUT2D eigenvalue weighted by Crippen LogP contribution is 2.43. The Balaban J connectivity index is 3.82. The molecule has 0 spiro atoms. The van der Waals surface area contributed by atoms with Crippen molar-refractivity contribution in [1.29, 1.82) is 0 Å². The number of rotatable bonds is 22. The number of hydrogen-bond acceptors (Lipinski definition) is 8. The quantitative estimate of drug-likeness (QED) is 0.0787. The first kappa shape index (κ1) is 31.2. The molecule has 0 aliphatic heterocycles. The molecule has 0 fully saturated rings. The zero-order valence-corrected chi connectivity index (χ0v) is 20.3. The van der Waals surface area contributed by atoms with Crippen LogP contribution in [0.5, 0.6) is 0 Å². The summed E-state index contributed by atoms with van der Waals surface area (Å²) in [5.74, 6) is -0.587. The summed E-state index contributed by atoms with van der Waals surface area (Å²) < 4.78 is 25.8. The summed E-state index contributed by atoms with van der Waals surface area (Å²) in [5.41, 5.74) is 0. The lowest BCUT2D eigenvalue weighted by molar-refractivity contribution is -0.152. The van der Waals surface area contributed by atoms with Crippen molar-refractivity contribution in [3.8, 4) is 0 Å². The van der Waals surface area contributed by atoms with Crippen LogP contribution in [0.15, 0.2) is 12.2 Å². The Kier molecular flexibility index (Phi) is 20.3. The Morgan fingerprint density at radius 2 is 1.44 bits per heavy atom. The summed E-state index contributed by atoms with van der Waals surface area (Å²) in [6.07, 6.45) is 14.8. The monoisotopic (exact) mass is 482 g/mol. The van der Waals surface area contributed by atoms with Crippen LogP contribution in [0.25, 0.3) is 0 Å². The van der Waals surface area contributed by atoms with E-state index in [0.29, 0.717) is 0 Å². The fourth-order valence-corrected chi connectivity index (χ4v) is 3.64. The van der Waals surface area contributed by atoms with Crippen molar-refractivity contribution in [3.05, 3.63) is 12.2 Å².